The van der Waals surface area contributed by atoms with E-state index in [4.69, 9.17) is 38.0 Å². The van der Waals surface area contributed by atoms with E-state index in [1.54, 1.807) is 72.7 Å². The van der Waals surface area contributed by atoms with Gasteiger partial charge in [0, 0.05) is 50.3 Å². The van der Waals surface area contributed by atoms with Crippen LogP contribution in [0.5, 0.6) is 0 Å². The van der Waals surface area contributed by atoms with Crippen LogP contribution in [0.15, 0.2) is 70.8 Å². The van der Waals surface area contributed by atoms with Gasteiger partial charge in [-0.05, 0) is 29.7 Å². The van der Waals surface area contributed by atoms with Gasteiger partial charge < -0.3 is 35.7 Å². The summed E-state index contributed by atoms with van der Waals surface area (Å²) < 4.78 is 42.7. The fraction of sp³-hybridized carbons (Fsp3) is 0.302. The molecule has 70 heavy (non-hydrogen) atoms. The molecule has 2 aromatic carbocycles. The van der Waals surface area contributed by atoms with Crippen LogP contribution in [-0.2, 0) is 42.7 Å². The van der Waals surface area contributed by atoms with E-state index < -0.39 is 11.6 Å². The Morgan fingerprint density at radius 3 is 1.61 bits per heavy atom. The summed E-state index contributed by atoms with van der Waals surface area (Å²) in [6, 6.07) is 6.37. The Morgan fingerprint density at radius 2 is 1.20 bits per heavy atom. The van der Waals surface area contributed by atoms with Crippen molar-refractivity contribution in [3.05, 3.63) is 118 Å². The molecule has 0 atom stereocenters. The van der Waals surface area contributed by atoms with Crippen LogP contribution in [0.3, 0.4) is 0 Å². The minimum atomic E-state index is -0.681. The average molecular weight is 1030 g/mol. The molecule has 0 spiro atoms. The van der Waals surface area contributed by atoms with Crippen molar-refractivity contribution in [2.24, 2.45) is 19.8 Å². The Hall–Kier alpha value is -5.90. The topological polar surface area (TPSA) is 305 Å². The van der Waals surface area contributed by atoms with Crippen LogP contribution < -0.4 is 67.8 Å². The molecule has 22 nitrogen and oxygen atoms in total. The number of ketones is 1. The number of aromatic nitrogens is 14. The monoisotopic (exact) mass is 1030 g/mol. The molecular weight excluding hydrogens is 983 g/mol. The summed E-state index contributed by atoms with van der Waals surface area (Å²) in [5.74, 6) is 0.0108. The van der Waals surface area contributed by atoms with E-state index in [1.807, 2.05) is 41.5 Å². The molecular formula is C43H45Cl2F2KN17O5-. The van der Waals surface area contributed by atoms with Gasteiger partial charge in [-0.2, -0.15) is 31.4 Å². The Balaban J connectivity index is 0.000000255. The zero-order chi connectivity index (χ0) is 49.3. The van der Waals surface area contributed by atoms with Crippen LogP contribution >= 0.6 is 23.2 Å². The minimum Gasteiger partial charge on any atom is -0.870 e. The van der Waals surface area contributed by atoms with Crippen molar-refractivity contribution in [2.45, 2.75) is 71.8 Å². The summed E-state index contributed by atoms with van der Waals surface area (Å²) in [5.41, 5.74) is 7.62. The number of anilines is 4. The number of nitrogens with zero attached hydrogens (tertiary/aromatic N) is 14. The van der Waals surface area contributed by atoms with Crippen molar-refractivity contribution in [1.82, 2.24) is 69.7 Å². The van der Waals surface area contributed by atoms with Gasteiger partial charge in [-0.3, -0.25) is 14.2 Å². The van der Waals surface area contributed by atoms with Gasteiger partial charge in [0.2, 0.25) is 35.3 Å². The van der Waals surface area contributed by atoms with Gasteiger partial charge in [0.15, 0.2) is 23.3 Å². The van der Waals surface area contributed by atoms with Crippen LogP contribution in [0.2, 0.25) is 10.0 Å². The van der Waals surface area contributed by atoms with Crippen molar-refractivity contribution >= 4 is 58.5 Å². The molecule has 0 saturated heterocycles. The molecule has 8 rings (SSSR count). The first-order valence-corrected chi connectivity index (χ1v) is 21.1. The first-order chi connectivity index (χ1) is 32.2. The molecule has 27 heteroatoms. The zero-order valence-electron chi connectivity index (χ0n) is 39.3. The number of hydrogen-bond donors (Lipinski definition) is 3. The Kier molecular flexibility index (Phi) is 20.1. The van der Waals surface area contributed by atoms with E-state index in [0.29, 0.717) is 34.3 Å². The van der Waals surface area contributed by atoms with E-state index in [-0.39, 0.29) is 149 Å². The fourth-order valence-electron chi connectivity index (χ4n) is 5.65. The van der Waals surface area contributed by atoms with E-state index in [1.165, 1.54) is 18.7 Å². The number of rotatable bonds is 12. The largest absolute Gasteiger partial charge is 1.00 e. The van der Waals surface area contributed by atoms with Crippen molar-refractivity contribution < 1.29 is 84.3 Å². The molecule has 0 aliphatic heterocycles. The van der Waals surface area contributed by atoms with E-state index in [2.05, 4.69) is 71.0 Å². The number of benzene rings is 2. The smallest absolute Gasteiger partial charge is 0.870 e. The fourth-order valence-corrected chi connectivity index (χ4v) is 6.15. The molecule has 5 N–H and O–H groups in total. The van der Waals surface area contributed by atoms with Gasteiger partial charge in [0.05, 0.1) is 50.8 Å². The molecule has 0 amide bonds. The summed E-state index contributed by atoms with van der Waals surface area (Å²) in [6.07, 6.45) is 11.1. The predicted molar refractivity (Wildman–Crippen MR) is 247 cm³/mol. The number of nitrogens with two attached hydrogens (primary N) is 1. The number of carbonyl (C=O) groups is 1. The number of aryl methyl sites for hydroxylation is 3. The van der Waals surface area contributed by atoms with Crippen molar-refractivity contribution in [1.29, 1.82) is 0 Å². The predicted octanol–water partition coefficient (Wildman–Crippen LogP) is 4.22. The maximum absolute atomic E-state index is 15.1. The van der Waals surface area contributed by atoms with Crippen LogP contribution in [0.25, 0.3) is 22.8 Å². The molecule has 0 aliphatic rings. The van der Waals surface area contributed by atoms with Gasteiger partial charge in [0.1, 0.15) is 12.7 Å². The second-order valence-electron chi connectivity index (χ2n) is 16.7. The van der Waals surface area contributed by atoms with Gasteiger partial charge in [0.25, 0.3) is 0 Å². The quantitative estimate of drug-likeness (QED) is 0.0876. The number of nitrogens with one attached hydrogen (secondary N) is 2. The Labute approximate surface area is 451 Å². The Morgan fingerprint density at radius 1 is 0.729 bits per heavy atom. The standard InChI is InChI=1S/C22H22ClFN8O2.C14H13ClFN7.C7H9N2O2.K.H2O/c1-22(2,3)20-29-19(31-34-20)15(33)8-6-12-5-7-14(17(24)16(12)23)18-25-11-26-21(30-18)28-13-9-27-32(4)10-13;1-23-6-9(5-20-23)21-14-19-7-18-13(22-14)10-3-2-8(4-17)11(15)12(10)16;1-7(2,3)6-8-5(4-10)9-11-6;;/h5,7,9-11H,6,8H2,1-4H3,(H,25,26,28,30);2-3,5-7H,4,17H2,1H3,(H,18,19,21,22);1-3H3;;1H2/q;;-1;+1;/p-1. The van der Waals surface area contributed by atoms with Crippen molar-refractivity contribution in [3.8, 4) is 22.8 Å². The maximum atomic E-state index is 15.1. The van der Waals surface area contributed by atoms with Gasteiger partial charge in [-0.15, -0.1) is 0 Å². The zero-order valence-corrected chi connectivity index (χ0v) is 44.0. The Bertz CT molecular complexity index is 3040. The van der Waals surface area contributed by atoms with Crippen LogP contribution in [0, 0.1) is 11.6 Å². The van der Waals surface area contributed by atoms with Crippen LogP contribution in [0.1, 0.15) is 87.3 Å². The summed E-state index contributed by atoms with van der Waals surface area (Å²) >= 11 is 12.2. The molecule has 6 aromatic heterocycles. The van der Waals surface area contributed by atoms with Crippen LogP contribution in [0.4, 0.5) is 32.1 Å². The summed E-state index contributed by atoms with van der Waals surface area (Å²) in [5, 5.41) is 21.1. The maximum Gasteiger partial charge on any atom is 1.00 e. The number of hydrogen-bond acceptors (Lipinski definition) is 20. The number of halogens is 4. The second kappa shape index (κ2) is 24.8. The third-order valence-corrected chi connectivity index (χ3v) is 10.0. The first kappa shape index (κ1) is 56.7. The second-order valence-corrected chi connectivity index (χ2v) is 17.5. The minimum absolute atomic E-state index is 0. The van der Waals surface area contributed by atoms with Crippen molar-refractivity contribution in [3.63, 3.8) is 0 Å². The van der Waals surface area contributed by atoms with Gasteiger partial charge >= 0.3 is 51.4 Å². The van der Waals surface area contributed by atoms with Gasteiger partial charge in [-0.25, -0.2) is 33.7 Å². The molecule has 0 radical (unpaired) electrons. The molecule has 0 fully saturated rings. The third kappa shape index (κ3) is 14.8. The SMILES string of the molecule is CC(C)(C)c1nc([C-]=O)no1.Cn1cc(Nc2ncnc(-c3ccc(CCC(=O)c4noc(C(C)(C)C)n4)c(Cl)c3F)n2)cn1.Cn1cc(Nc2ncnc(-c3ccc(CN)c(Cl)c3F)n2)cn1.[K+].[OH-]. The van der Waals surface area contributed by atoms with Crippen LogP contribution in [-0.4, -0.2) is 87.3 Å². The van der Waals surface area contributed by atoms with Crippen molar-refractivity contribution in [2.75, 3.05) is 10.6 Å². The molecule has 0 aliphatic carbocycles. The molecule has 8 aromatic rings. The van der Waals surface area contributed by atoms with E-state index >= 15 is 4.39 Å². The summed E-state index contributed by atoms with van der Waals surface area (Å²) in [4.78, 5) is 55.1. The van der Waals surface area contributed by atoms with E-state index in [0.717, 1.165) is 0 Å². The molecule has 0 unspecified atom stereocenters. The average Bonchev–Trinajstić information content (AvgIpc) is 4.14. The van der Waals surface area contributed by atoms with E-state index in [9.17, 15) is 14.0 Å². The molecule has 0 bridgehead atoms. The summed E-state index contributed by atoms with van der Waals surface area (Å²) in [6.45, 7) is 11.6. The first-order valence-electron chi connectivity index (χ1n) is 20.4. The number of carbonyl (C=O) groups excluding carboxylic acids is 2. The molecule has 0 saturated carbocycles. The summed E-state index contributed by atoms with van der Waals surface area (Å²) in [7, 11) is 3.57. The number of Topliss-reactive ketones (excluding diaryl/α,β-unsaturated/α-hetero) is 1. The van der Waals surface area contributed by atoms with Gasteiger partial charge in [-0.1, -0.05) is 87.2 Å². The normalized spacial score (nSPS) is 11.0. The molecule has 6 heterocycles. The molecule has 362 valence electrons. The third-order valence-electron chi connectivity index (χ3n) is 9.19.